The number of carbonyl (C=O) groups excluding carboxylic acids is 1. The highest BCUT2D eigenvalue weighted by Crippen LogP contribution is 2.17. The third-order valence-corrected chi connectivity index (χ3v) is 4.31. The molecule has 1 atom stereocenters. The van der Waals surface area contributed by atoms with Gasteiger partial charge in [0.1, 0.15) is 6.04 Å². The van der Waals surface area contributed by atoms with Crippen molar-refractivity contribution in [2.75, 3.05) is 38.5 Å². The molecule has 1 aromatic rings. The number of carboxylic acid groups (broad SMARTS) is 1. The number of aryl methyl sites for hydroxylation is 2. The summed E-state index contributed by atoms with van der Waals surface area (Å²) in [5, 5.41) is 12.3. The zero-order valence-corrected chi connectivity index (χ0v) is 14.0. The van der Waals surface area contributed by atoms with Crippen LogP contribution >= 0.6 is 0 Å². The lowest BCUT2D eigenvalue weighted by Crippen LogP contribution is -2.52. The van der Waals surface area contributed by atoms with E-state index in [1.54, 1.807) is 0 Å². The molecule has 1 saturated heterocycles. The van der Waals surface area contributed by atoms with E-state index >= 15 is 0 Å². The number of rotatable bonds is 5. The molecule has 1 heterocycles. The third kappa shape index (κ3) is 4.77. The van der Waals surface area contributed by atoms with Crippen molar-refractivity contribution in [3.63, 3.8) is 0 Å². The van der Waals surface area contributed by atoms with E-state index in [0.29, 0.717) is 13.1 Å². The van der Waals surface area contributed by atoms with Gasteiger partial charge < -0.3 is 15.3 Å². The van der Waals surface area contributed by atoms with Gasteiger partial charge in [-0.1, -0.05) is 12.1 Å². The Morgan fingerprint density at radius 3 is 2.48 bits per heavy atom. The van der Waals surface area contributed by atoms with Gasteiger partial charge in [-0.15, -0.1) is 0 Å². The quantitative estimate of drug-likeness (QED) is 0.857. The Morgan fingerprint density at radius 2 is 1.87 bits per heavy atom. The number of benzene rings is 1. The fourth-order valence-corrected chi connectivity index (χ4v) is 2.75. The Bertz CT molecular complexity index is 580. The Morgan fingerprint density at radius 1 is 1.22 bits per heavy atom. The van der Waals surface area contributed by atoms with Crippen LogP contribution in [0.25, 0.3) is 0 Å². The average Bonchev–Trinajstić information content (AvgIpc) is 2.49. The summed E-state index contributed by atoms with van der Waals surface area (Å²) >= 11 is 0. The number of piperazine rings is 1. The lowest BCUT2D eigenvalue weighted by molar-refractivity contribution is -0.145. The molecule has 1 aromatic carbocycles. The first-order chi connectivity index (χ1) is 10.9. The molecule has 2 rings (SSSR count). The molecule has 0 aliphatic carbocycles. The molecule has 23 heavy (non-hydrogen) atoms. The first-order valence-electron chi connectivity index (χ1n) is 7.89. The van der Waals surface area contributed by atoms with Crippen molar-refractivity contribution >= 4 is 17.6 Å². The number of amides is 1. The van der Waals surface area contributed by atoms with Gasteiger partial charge in [-0.3, -0.25) is 14.5 Å². The molecule has 1 aliphatic heterocycles. The largest absolute Gasteiger partial charge is 0.480 e. The van der Waals surface area contributed by atoms with Gasteiger partial charge in [-0.05, 0) is 38.1 Å². The lowest BCUT2D eigenvalue weighted by atomic mass is 10.1. The summed E-state index contributed by atoms with van der Waals surface area (Å²) in [6.45, 7) is 6.86. The molecule has 6 heteroatoms. The Balaban J connectivity index is 2.00. The molecule has 1 unspecified atom stereocenters. The molecular formula is C17H25N3O3. The monoisotopic (exact) mass is 319 g/mol. The van der Waals surface area contributed by atoms with Crippen molar-refractivity contribution < 1.29 is 14.7 Å². The maximum Gasteiger partial charge on any atom is 0.321 e. The molecule has 126 valence electrons. The lowest BCUT2D eigenvalue weighted by Gasteiger charge is -2.35. The van der Waals surface area contributed by atoms with Crippen LogP contribution in [0.3, 0.4) is 0 Å². The van der Waals surface area contributed by atoms with Gasteiger partial charge in [0.25, 0.3) is 0 Å². The summed E-state index contributed by atoms with van der Waals surface area (Å²) in [6, 6.07) is 5.06. The van der Waals surface area contributed by atoms with Gasteiger partial charge >= 0.3 is 5.97 Å². The summed E-state index contributed by atoms with van der Waals surface area (Å²) < 4.78 is 0. The van der Waals surface area contributed by atoms with E-state index in [0.717, 1.165) is 29.9 Å². The Hall–Kier alpha value is -1.92. The first kappa shape index (κ1) is 17.4. The van der Waals surface area contributed by atoms with Crippen molar-refractivity contribution in [1.82, 2.24) is 9.80 Å². The predicted molar refractivity (Wildman–Crippen MR) is 89.7 cm³/mol. The third-order valence-electron chi connectivity index (χ3n) is 4.31. The van der Waals surface area contributed by atoms with Crippen LogP contribution in [0, 0.1) is 13.8 Å². The standard InChI is InChI=1S/C17H25N3O3/c1-12-4-5-13(2)14(10-12)18-16(21)11-15(17(22)23)20-8-6-19(3)7-9-20/h4-5,10,15H,6-9,11H2,1-3H3,(H,18,21)(H,22,23). The van der Waals surface area contributed by atoms with Gasteiger partial charge in [-0.2, -0.15) is 0 Å². The molecule has 0 bridgehead atoms. The highest BCUT2D eigenvalue weighted by atomic mass is 16.4. The van der Waals surface area contributed by atoms with E-state index in [2.05, 4.69) is 10.2 Å². The number of hydrogen-bond acceptors (Lipinski definition) is 4. The number of nitrogens with one attached hydrogen (secondary N) is 1. The number of anilines is 1. The molecule has 6 nitrogen and oxygen atoms in total. The predicted octanol–water partition coefficient (Wildman–Crippen LogP) is 1.33. The smallest absolute Gasteiger partial charge is 0.321 e. The molecule has 0 aromatic heterocycles. The van der Waals surface area contributed by atoms with Crippen LogP contribution < -0.4 is 5.32 Å². The molecule has 1 amide bonds. The SMILES string of the molecule is Cc1ccc(C)c(NC(=O)CC(C(=O)O)N2CCN(C)CC2)c1. The second-order valence-electron chi connectivity index (χ2n) is 6.26. The number of carbonyl (C=O) groups is 2. The van der Waals surface area contributed by atoms with Gasteiger partial charge in [-0.25, -0.2) is 0 Å². The second-order valence-corrected chi connectivity index (χ2v) is 6.26. The molecule has 0 radical (unpaired) electrons. The number of hydrogen-bond donors (Lipinski definition) is 2. The van der Waals surface area contributed by atoms with Crippen LogP contribution in [0.1, 0.15) is 17.5 Å². The molecule has 0 spiro atoms. The highest BCUT2D eigenvalue weighted by Gasteiger charge is 2.30. The summed E-state index contributed by atoms with van der Waals surface area (Å²) in [5.74, 6) is -1.20. The number of likely N-dealkylation sites (N-methyl/N-ethyl adjacent to an activating group) is 1. The number of aliphatic carboxylic acids is 1. The fraction of sp³-hybridized carbons (Fsp3) is 0.529. The maximum atomic E-state index is 12.3. The Labute approximate surface area is 137 Å². The Kier molecular flexibility index (Phi) is 5.74. The van der Waals surface area contributed by atoms with Crippen molar-refractivity contribution in [2.45, 2.75) is 26.3 Å². The van der Waals surface area contributed by atoms with Gasteiger partial charge in [0.2, 0.25) is 5.91 Å². The number of carboxylic acids is 1. The summed E-state index contributed by atoms with van der Waals surface area (Å²) in [6.07, 6.45) is -0.0353. The minimum atomic E-state index is -0.939. The van der Waals surface area contributed by atoms with Gasteiger partial charge in [0, 0.05) is 31.9 Å². The van der Waals surface area contributed by atoms with E-state index in [1.807, 2.05) is 44.0 Å². The number of nitrogens with zero attached hydrogens (tertiary/aromatic N) is 2. The van der Waals surface area contributed by atoms with Crippen LogP contribution in [-0.2, 0) is 9.59 Å². The zero-order chi connectivity index (χ0) is 17.0. The molecule has 2 N–H and O–H groups in total. The average molecular weight is 319 g/mol. The summed E-state index contributed by atoms with van der Waals surface area (Å²) in [4.78, 5) is 27.9. The molecular weight excluding hydrogens is 294 g/mol. The van der Waals surface area contributed by atoms with Crippen molar-refractivity contribution in [3.05, 3.63) is 29.3 Å². The normalized spacial score (nSPS) is 17.7. The van der Waals surface area contributed by atoms with Crippen LogP contribution in [0.15, 0.2) is 18.2 Å². The van der Waals surface area contributed by atoms with Gasteiger partial charge in [0.05, 0.1) is 6.42 Å². The second kappa shape index (κ2) is 7.57. The summed E-state index contributed by atoms with van der Waals surface area (Å²) in [7, 11) is 2.01. The first-order valence-corrected chi connectivity index (χ1v) is 7.89. The van der Waals surface area contributed by atoms with Crippen LogP contribution in [0.2, 0.25) is 0 Å². The van der Waals surface area contributed by atoms with E-state index in [4.69, 9.17) is 0 Å². The fourth-order valence-electron chi connectivity index (χ4n) is 2.75. The molecule has 1 fully saturated rings. The minimum absolute atomic E-state index is 0.0353. The van der Waals surface area contributed by atoms with E-state index in [-0.39, 0.29) is 12.3 Å². The van der Waals surface area contributed by atoms with Gasteiger partial charge in [0.15, 0.2) is 0 Å². The van der Waals surface area contributed by atoms with E-state index in [9.17, 15) is 14.7 Å². The van der Waals surface area contributed by atoms with Crippen molar-refractivity contribution in [3.8, 4) is 0 Å². The topological polar surface area (TPSA) is 72.9 Å². The van der Waals surface area contributed by atoms with Crippen molar-refractivity contribution in [1.29, 1.82) is 0 Å². The van der Waals surface area contributed by atoms with Crippen LogP contribution in [-0.4, -0.2) is 66.1 Å². The minimum Gasteiger partial charge on any atom is -0.480 e. The molecule has 0 saturated carbocycles. The van der Waals surface area contributed by atoms with E-state index in [1.165, 1.54) is 0 Å². The summed E-state index contributed by atoms with van der Waals surface area (Å²) in [5.41, 5.74) is 2.77. The zero-order valence-electron chi connectivity index (χ0n) is 14.0. The van der Waals surface area contributed by atoms with E-state index < -0.39 is 12.0 Å². The maximum absolute atomic E-state index is 12.3. The van der Waals surface area contributed by atoms with Crippen molar-refractivity contribution in [2.24, 2.45) is 0 Å². The highest BCUT2D eigenvalue weighted by molar-refractivity contribution is 5.94. The molecule has 1 aliphatic rings. The van der Waals surface area contributed by atoms with Crippen LogP contribution in [0.5, 0.6) is 0 Å². The van der Waals surface area contributed by atoms with Crippen LogP contribution in [0.4, 0.5) is 5.69 Å².